The minimum absolute atomic E-state index is 0.717. The molecule has 2 rings (SSSR count). The van der Waals surface area contributed by atoms with Gasteiger partial charge < -0.3 is 10.6 Å². The molecule has 16 heavy (non-hydrogen) atoms. The van der Waals surface area contributed by atoms with Crippen molar-refractivity contribution in [2.45, 2.75) is 13.3 Å². The van der Waals surface area contributed by atoms with E-state index in [-0.39, 0.29) is 0 Å². The molecule has 0 saturated heterocycles. The normalized spacial score (nSPS) is 10.9. The van der Waals surface area contributed by atoms with Gasteiger partial charge in [-0.1, -0.05) is 0 Å². The third-order valence-corrected chi connectivity index (χ3v) is 3.37. The maximum Gasteiger partial charge on any atom is 0.140 e. The second-order valence-corrected chi connectivity index (χ2v) is 4.45. The quantitative estimate of drug-likeness (QED) is 0.861. The third-order valence-electron chi connectivity index (χ3n) is 2.55. The van der Waals surface area contributed by atoms with Crippen LogP contribution in [-0.4, -0.2) is 29.6 Å². The molecule has 4 nitrogen and oxygen atoms in total. The van der Waals surface area contributed by atoms with Crippen LogP contribution in [0.2, 0.25) is 0 Å². The first kappa shape index (κ1) is 11.3. The van der Waals surface area contributed by atoms with Crippen LogP contribution in [0.4, 0.5) is 5.82 Å². The van der Waals surface area contributed by atoms with Gasteiger partial charge in [-0.3, -0.25) is 0 Å². The molecule has 0 radical (unpaired) electrons. The molecule has 0 bridgehead atoms. The fourth-order valence-corrected chi connectivity index (χ4v) is 2.45. The summed E-state index contributed by atoms with van der Waals surface area (Å²) in [5, 5.41) is 3.20. The number of anilines is 1. The largest absolute Gasteiger partial charge is 0.356 e. The molecule has 86 valence electrons. The van der Waals surface area contributed by atoms with Crippen LogP contribution in [0.15, 0.2) is 17.8 Å². The van der Waals surface area contributed by atoms with Crippen LogP contribution >= 0.6 is 11.3 Å². The Kier molecular flexibility index (Phi) is 3.69. The van der Waals surface area contributed by atoms with E-state index in [1.807, 2.05) is 0 Å². The lowest BCUT2D eigenvalue weighted by Crippen LogP contribution is -2.26. The Balaban J connectivity index is 2.32. The van der Waals surface area contributed by atoms with Crippen LogP contribution in [0.1, 0.15) is 13.3 Å². The molecule has 0 aliphatic rings. The maximum absolute atomic E-state index is 5.54. The Morgan fingerprint density at radius 3 is 3.06 bits per heavy atom. The van der Waals surface area contributed by atoms with Crippen LogP contribution < -0.4 is 10.6 Å². The highest BCUT2D eigenvalue weighted by Crippen LogP contribution is 2.26. The van der Waals surface area contributed by atoms with E-state index < -0.39 is 0 Å². The van der Waals surface area contributed by atoms with E-state index in [4.69, 9.17) is 5.73 Å². The van der Waals surface area contributed by atoms with Crippen LogP contribution in [0.3, 0.4) is 0 Å². The Morgan fingerprint density at radius 2 is 2.31 bits per heavy atom. The zero-order chi connectivity index (χ0) is 11.4. The molecule has 0 unspecified atom stereocenters. The summed E-state index contributed by atoms with van der Waals surface area (Å²) in [4.78, 5) is 11.9. The van der Waals surface area contributed by atoms with Gasteiger partial charge >= 0.3 is 0 Å². The maximum atomic E-state index is 5.54. The van der Waals surface area contributed by atoms with Crippen molar-refractivity contribution in [2.24, 2.45) is 5.73 Å². The summed E-state index contributed by atoms with van der Waals surface area (Å²) in [5.74, 6) is 1.03. The number of rotatable bonds is 5. The highest BCUT2D eigenvalue weighted by Gasteiger charge is 2.10. The summed E-state index contributed by atoms with van der Waals surface area (Å²) in [7, 11) is 0. The second-order valence-electron chi connectivity index (χ2n) is 3.56. The lowest BCUT2D eigenvalue weighted by Gasteiger charge is -2.21. The van der Waals surface area contributed by atoms with Crippen LogP contribution in [0.5, 0.6) is 0 Å². The number of fused-ring (bicyclic) bond motifs is 1. The molecular formula is C11H16N4S. The molecule has 2 aromatic heterocycles. The SMILES string of the molecule is CCN(CCCN)c1ncnc2sccc12. The summed E-state index contributed by atoms with van der Waals surface area (Å²) in [6.07, 6.45) is 2.63. The predicted octanol–water partition coefficient (Wildman–Crippen LogP) is 1.87. The Hall–Kier alpha value is -1.20. The summed E-state index contributed by atoms with van der Waals surface area (Å²) >= 11 is 1.65. The van der Waals surface area contributed by atoms with Gasteiger partial charge in [-0.25, -0.2) is 9.97 Å². The molecule has 0 amide bonds. The van der Waals surface area contributed by atoms with Gasteiger partial charge in [0.25, 0.3) is 0 Å². The Labute approximate surface area is 99.1 Å². The highest BCUT2D eigenvalue weighted by atomic mass is 32.1. The topological polar surface area (TPSA) is 55.0 Å². The molecule has 0 spiro atoms. The van der Waals surface area contributed by atoms with E-state index in [0.717, 1.165) is 35.5 Å². The molecular weight excluding hydrogens is 220 g/mol. The molecule has 0 aromatic carbocycles. The molecule has 0 atom stereocenters. The lowest BCUT2D eigenvalue weighted by molar-refractivity contribution is 0.747. The smallest absolute Gasteiger partial charge is 0.140 e. The molecule has 2 heterocycles. The number of hydrogen-bond acceptors (Lipinski definition) is 5. The summed E-state index contributed by atoms with van der Waals surface area (Å²) in [6, 6.07) is 2.08. The number of thiophene rings is 1. The average molecular weight is 236 g/mol. The lowest BCUT2D eigenvalue weighted by atomic mass is 10.3. The first-order valence-corrected chi connectivity index (χ1v) is 6.38. The van der Waals surface area contributed by atoms with Crippen LogP contribution in [0, 0.1) is 0 Å². The molecule has 5 heteroatoms. The minimum Gasteiger partial charge on any atom is -0.356 e. The zero-order valence-corrected chi connectivity index (χ0v) is 10.2. The van der Waals surface area contributed by atoms with E-state index in [1.165, 1.54) is 0 Å². The van der Waals surface area contributed by atoms with Crippen molar-refractivity contribution in [1.82, 2.24) is 9.97 Å². The van der Waals surface area contributed by atoms with E-state index in [2.05, 4.69) is 33.2 Å². The van der Waals surface area contributed by atoms with Crippen molar-refractivity contribution in [1.29, 1.82) is 0 Å². The Bertz CT molecular complexity index is 454. The summed E-state index contributed by atoms with van der Waals surface area (Å²) in [5.41, 5.74) is 5.54. The highest BCUT2D eigenvalue weighted by molar-refractivity contribution is 7.16. The average Bonchev–Trinajstić information content (AvgIpc) is 2.78. The fourth-order valence-electron chi connectivity index (χ4n) is 1.72. The van der Waals surface area contributed by atoms with Crippen molar-refractivity contribution >= 4 is 27.4 Å². The van der Waals surface area contributed by atoms with Crippen molar-refractivity contribution in [3.8, 4) is 0 Å². The fraction of sp³-hybridized carbons (Fsp3) is 0.455. The number of aromatic nitrogens is 2. The number of nitrogens with zero attached hydrogens (tertiary/aromatic N) is 3. The molecule has 2 N–H and O–H groups in total. The first-order valence-electron chi connectivity index (χ1n) is 5.50. The van der Waals surface area contributed by atoms with Crippen molar-refractivity contribution in [3.63, 3.8) is 0 Å². The van der Waals surface area contributed by atoms with Gasteiger partial charge in [0, 0.05) is 13.1 Å². The predicted molar refractivity (Wildman–Crippen MR) is 69.0 cm³/mol. The molecule has 0 saturated carbocycles. The molecule has 0 aliphatic carbocycles. The van der Waals surface area contributed by atoms with E-state index in [0.29, 0.717) is 6.54 Å². The third kappa shape index (κ3) is 2.15. The Morgan fingerprint density at radius 1 is 1.44 bits per heavy atom. The van der Waals surface area contributed by atoms with Gasteiger partial charge in [0.05, 0.1) is 5.39 Å². The van der Waals surface area contributed by atoms with Crippen LogP contribution in [-0.2, 0) is 0 Å². The number of hydrogen-bond donors (Lipinski definition) is 1. The van der Waals surface area contributed by atoms with Gasteiger partial charge in [-0.05, 0) is 31.3 Å². The zero-order valence-electron chi connectivity index (χ0n) is 9.39. The van der Waals surface area contributed by atoms with E-state index in [9.17, 15) is 0 Å². The van der Waals surface area contributed by atoms with Gasteiger partial charge in [0.15, 0.2) is 0 Å². The number of nitrogens with two attached hydrogens (primary N) is 1. The monoisotopic (exact) mass is 236 g/mol. The minimum atomic E-state index is 0.717. The summed E-state index contributed by atoms with van der Waals surface area (Å²) in [6.45, 7) is 4.75. The first-order chi connectivity index (χ1) is 7.86. The van der Waals surface area contributed by atoms with Gasteiger partial charge in [0.1, 0.15) is 17.0 Å². The van der Waals surface area contributed by atoms with Crippen molar-refractivity contribution < 1.29 is 0 Å². The van der Waals surface area contributed by atoms with Crippen LogP contribution in [0.25, 0.3) is 10.2 Å². The standard InChI is InChI=1S/C11H16N4S/c1-2-15(6-3-5-12)10-9-4-7-16-11(9)14-8-13-10/h4,7-8H,2-3,5-6,12H2,1H3. The second kappa shape index (κ2) is 5.23. The molecule has 0 fully saturated rings. The van der Waals surface area contributed by atoms with Gasteiger partial charge in [-0.15, -0.1) is 11.3 Å². The van der Waals surface area contributed by atoms with Gasteiger partial charge in [0.2, 0.25) is 0 Å². The molecule has 0 aliphatic heterocycles. The summed E-state index contributed by atoms with van der Waals surface area (Å²) < 4.78 is 0. The van der Waals surface area contributed by atoms with E-state index in [1.54, 1.807) is 17.7 Å². The van der Waals surface area contributed by atoms with Crippen molar-refractivity contribution in [2.75, 3.05) is 24.5 Å². The van der Waals surface area contributed by atoms with Gasteiger partial charge in [-0.2, -0.15) is 0 Å². The molecule has 2 aromatic rings. The van der Waals surface area contributed by atoms with Crippen molar-refractivity contribution in [3.05, 3.63) is 17.8 Å². The van der Waals surface area contributed by atoms with E-state index >= 15 is 0 Å².